The first-order valence-corrected chi connectivity index (χ1v) is 12.1. The average Bonchev–Trinajstić information content (AvgIpc) is 3.21. The second-order valence-corrected chi connectivity index (χ2v) is 9.87. The zero-order chi connectivity index (χ0) is 24.6. The van der Waals surface area contributed by atoms with Crippen LogP contribution in [0.4, 0.5) is 11.4 Å². The van der Waals surface area contributed by atoms with Crippen LogP contribution in [-0.4, -0.2) is 53.9 Å². The predicted molar refractivity (Wildman–Crippen MR) is 135 cm³/mol. The molecule has 3 N–H and O–H groups in total. The number of carbonyl (C=O) groups is 1. The van der Waals surface area contributed by atoms with Gasteiger partial charge in [0, 0.05) is 41.1 Å². The fourth-order valence-electron chi connectivity index (χ4n) is 4.29. The number of aromatic nitrogens is 2. The van der Waals surface area contributed by atoms with Crippen molar-refractivity contribution >= 4 is 28.9 Å². The van der Waals surface area contributed by atoms with Gasteiger partial charge in [-0.1, -0.05) is 17.7 Å². The first-order valence-electron chi connectivity index (χ1n) is 11.7. The third-order valence-corrected chi connectivity index (χ3v) is 6.71. The number of pyridine rings is 1. The van der Waals surface area contributed by atoms with Gasteiger partial charge in [-0.25, -0.2) is 0 Å². The lowest BCUT2D eigenvalue weighted by Gasteiger charge is -2.34. The molecule has 1 aromatic carbocycles. The standard InChI is InChI=1S/C26H29ClN4O4/c1-15-18(27)5-4-6-19(15)30-24-22-20(8-10-29-25(22)32)31-23(24)17-7-9-28-11-21(17)33-12-16-13-35-26(2,3)14-34-16/h4-7,9,11,16,30-31H,8,10,12-14H2,1-3H3,(H,29,32). The van der Waals surface area contributed by atoms with Crippen molar-refractivity contribution in [2.24, 2.45) is 0 Å². The maximum Gasteiger partial charge on any atom is 0.255 e. The molecular weight excluding hydrogens is 468 g/mol. The van der Waals surface area contributed by atoms with E-state index in [2.05, 4.69) is 20.6 Å². The topological polar surface area (TPSA) is 97.5 Å². The van der Waals surface area contributed by atoms with E-state index in [1.807, 2.05) is 45.0 Å². The number of halogens is 1. The number of amides is 1. The van der Waals surface area contributed by atoms with Crippen molar-refractivity contribution in [1.29, 1.82) is 0 Å². The molecule has 0 aliphatic carbocycles. The number of ether oxygens (including phenoxy) is 3. The smallest absolute Gasteiger partial charge is 0.255 e. The minimum atomic E-state index is -0.293. The molecule has 1 amide bonds. The molecule has 1 unspecified atom stereocenters. The lowest BCUT2D eigenvalue weighted by molar-refractivity contribution is -0.181. The van der Waals surface area contributed by atoms with Gasteiger partial charge in [0.2, 0.25) is 0 Å². The Kier molecular flexibility index (Phi) is 6.44. The molecule has 0 bridgehead atoms. The first kappa shape index (κ1) is 23.7. The second kappa shape index (κ2) is 9.53. The van der Waals surface area contributed by atoms with Gasteiger partial charge in [0.15, 0.2) is 0 Å². The number of carbonyl (C=O) groups excluding carboxylic acids is 1. The number of rotatable bonds is 6. The highest BCUT2D eigenvalue weighted by Crippen LogP contribution is 2.41. The van der Waals surface area contributed by atoms with Crippen molar-refractivity contribution in [2.45, 2.75) is 38.9 Å². The van der Waals surface area contributed by atoms with Crippen molar-refractivity contribution in [1.82, 2.24) is 15.3 Å². The Balaban J connectivity index is 1.49. The molecule has 3 aromatic rings. The molecule has 1 fully saturated rings. The predicted octanol–water partition coefficient (Wildman–Crippen LogP) is 4.64. The normalized spacial score (nSPS) is 19.1. The number of nitrogens with zero attached hydrogens (tertiary/aromatic N) is 1. The van der Waals surface area contributed by atoms with Crippen LogP contribution in [0.2, 0.25) is 5.02 Å². The van der Waals surface area contributed by atoms with E-state index in [4.69, 9.17) is 25.8 Å². The SMILES string of the molecule is Cc1c(Cl)cccc1Nc1c(-c2ccncc2OCC2COC(C)(C)CO2)[nH]c2c1C(=O)NCC2. The summed E-state index contributed by atoms with van der Waals surface area (Å²) in [5.41, 5.74) is 5.13. The minimum Gasteiger partial charge on any atom is -0.488 e. The second-order valence-electron chi connectivity index (χ2n) is 9.46. The molecule has 184 valence electrons. The maximum atomic E-state index is 12.9. The highest BCUT2D eigenvalue weighted by Gasteiger charge is 2.30. The molecule has 0 spiro atoms. The minimum absolute atomic E-state index is 0.122. The Morgan fingerprint density at radius 3 is 2.97 bits per heavy atom. The van der Waals surface area contributed by atoms with E-state index in [0.717, 1.165) is 28.2 Å². The first-order chi connectivity index (χ1) is 16.8. The number of benzene rings is 1. The van der Waals surface area contributed by atoms with Crippen LogP contribution in [0.1, 0.15) is 35.5 Å². The van der Waals surface area contributed by atoms with E-state index in [1.54, 1.807) is 12.4 Å². The van der Waals surface area contributed by atoms with Gasteiger partial charge in [-0.3, -0.25) is 9.78 Å². The summed E-state index contributed by atoms with van der Waals surface area (Å²) in [5, 5.41) is 7.06. The Morgan fingerprint density at radius 1 is 1.31 bits per heavy atom. The van der Waals surface area contributed by atoms with Gasteiger partial charge in [-0.05, 0) is 44.5 Å². The number of hydrogen-bond acceptors (Lipinski definition) is 6. The fourth-order valence-corrected chi connectivity index (χ4v) is 4.47. The van der Waals surface area contributed by atoms with Gasteiger partial charge >= 0.3 is 0 Å². The van der Waals surface area contributed by atoms with E-state index in [0.29, 0.717) is 54.8 Å². The number of aromatic amines is 1. The molecule has 0 saturated carbocycles. The van der Waals surface area contributed by atoms with E-state index < -0.39 is 0 Å². The van der Waals surface area contributed by atoms with Gasteiger partial charge in [-0.2, -0.15) is 0 Å². The van der Waals surface area contributed by atoms with Crippen LogP contribution in [0.15, 0.2) is 36.7 Å². The zero-order valence-electron chi connectivity index (χ0n) is 20.0. The summed E-state index contributed by atoms with van der Waals surface area (Å²) in [6.45, 7) is 7.82. The lowest BCUT2D eigenvalue weighted by Crippen LogP contribution is -2.44. The summed E-state index contributed by atoms with van der Waals surface area (Å²) in [5.74, 6) is 0.466. The molecular formula is C26H29ClN4O4. The number of anilines is 2. The molecule has 8 nitrogen and oxygen atoms in total. The summed E-state index contributed by atoms with van der Waals surface area (Å²) in [6, 6.07) is 7.54. The van der Waals surface area contributed by atoms with Crippen LogP contribution in [0.5, 0.6) is 5.75 Å². The van der Waals surface area contributed by atoms with Crippen LogP contribution in [0.25, 0.3) is 11.3 Å². The van der Waals surface area contributed by atoms with Gasteiger partial charge in [0.25, 0.3) is 5.91 Å². The lowest BCUT2D eigenvalue weighted by atomic mass is 10.0. The molecule has 1 saturated heterocycles. The number of nitrogens with one attached hydrogen (secondary N) is 3. The Morgan fingerprint density at radius 2 is 2.17 bits per heavy atom. The largest absolute Gasteiger partial charge is 0.488 e. The molecule has 4 heterocycles. The summed E-state index contributed by atoms with van der Waals surface area (Å²) in [7, 11) is 0. The molecule has 5 rings (SSSR count). The Bertz CT molecular complexity index is 1250. The van der Waals surface area contributed by atoms with Gasteiger partial charge < -0.3 is 29.8 Å². The highest BCUT2D eigenvalue weighted by atomic mass is 35.5. The summed E-state index contributed by atoms with van der Waals surface area (Å²) in [4.78, 5) is 20.6. The van der Waals surface area contributed by atoms with Crippen LogP contribution in [0.3, 0.4) is 0 Å². The Hall–Kier alpha value is -3.07. The van der Waals surface area contributed by atoms with E-state index in [-0.39, 0.29) is 17.6 Å². The summed E-state index contributed by atoms with van der Waals surface area (Å²) in [6.07, 6.45) is 3.91. The van der Waals surface area contributed by atoms with Crippen LogP contribution < -0.4 is 15.4 Å². The molecule has 2 aliphatic rings. The van der Waals surface area contributed by atoms with Crippen molar-refractivity contribution in [3.63, 3.8) is 0 Å². The third-order valence-electron chi connectivity index (χ3n) is 6.30. The quantitative estimate of drug-likeness (QED) is 0.460. The molecule has 2 aromatic heterocycles. The zero-order valence-corrected chi connectivity index (χ0v) is 20.8. The van der Waals surface area contributed by atoms with E-state index in [9.17, 15) is 4.79 Å². The average molecular weight is 497 g/mol. The Labute approximate surface area is 209 Å². The van der Waals surface area contributed by atoms with Crippen molar-refractivity contribution in [3.8, 4) is 17.0 Å². The van der Waals surface area contributed by atoms with E-state index >= 15 is 0 Å². The van der Waals surface area contributed by atoms with Crippen molar-refractivity contribution < 1.29 is 19.0 Å². The van der Waals surface area contributed by atoms with Gasteiger partial charge in [-0.15, -0.1) is 0 Å². The monoisotopic (exact) mass is 496 g/mol. The fraction of sp³-hybridized carbons (Fsp3) is 0.385. The van der Waals surface area contributed by atoms with Crippen LogP contribution >= 0.6 is 11.6 Å². The molecule has 35 heavy (non-hydrogen) atoms. The van der Waals surface area contributed by atoms with Crippen LogP contribution in [-0.2, 0) is 15.9 Å². The molecule has 9 heteroatoms. The summed E-state index contributed by atoms with van der Waals surface area (Å²) < 4.78 is 17.9. The van der Waals surface area contributed by atoms with Crippen molar-refractivity contribution in [2.75, 3.05) is 31.7 Å². The van der Waals surface area contributed by atoms with Gasteiger partial charge in [0.1, 0.15) is 18.5 Å². The maximum absolute atomic E-state index is 12.9. The van der Waals surface area contributed by atoms with E-state index in [1.165, 1.54) is 0 Å². The number of fused-ring (bicyclic) bond motifs is 1. The third kappa shape index (κ3) is 4.87. The van der Waals surface area contributed by atoms with Gasteiger partial charge in [0.05, 0.1) is 42.0 Å². The van der Waals surface area contributed by atoms with Crippen LogP contribution in [0, 0.1) is 6.92 Å². The highest BCUT2D eigenvalue weighted by molar-refractivity contribution is 6.31. The summed E-state index contributed by atoms with van der Waals surface area (Å²) >= 11 is 6.36. The molecule has 0 radical (unpaired) electrons. The molecule has 1 atom stereocenters. The number of H-pyrrole nitrogens is 1. The number of hydrogen-bond donors (Lipinski definition) is 3. The van der Waals surface area contributed by atoms with Crippen molar-refractivity contribution in [3.05, 3.63) is 58.5 Å². The molecule has 2 aliphatic heterocycles.